The molecule has 362 valence electrons. The van der Waals surface area contributed by atoms with Gasteiger partial charge in [0.05, 0.1) is 45.2 Å². The minimum Gasteiger partial charge on any atom is -0.351 e. The second-order valence-electron chi connectivity index (χ2n) is 18.1. The van der Waals surface area contributed by atoms with Gasteiger partial charge < -0.3 is 15.5 Å². The summed E-state index contributed by atoms with van der Waals surface area (Å²) >= 11 is 0. The van der Waals surface area contributed by atoms with E-state index in [-0.39, 0.29) is 48.2 Å². The van der Waals surface area contributed by atoms with E-state index in [0.717, 1.165) is 39.5 Å². The van der Waals surface area contributed by atoms with E-state index in [1.165, 1.54) is 12.1 Å². The van der Waals surface area contributed by atoms with Gasteiger partial charge in [0.15, 0.2) is 5.71 Å². The van der Waals surface area contributed by atoms with Crippen LogP contribution >= 0.6 is 0 Å². The molecule has 0 saturated heterocycles. The van der Waals surface area contributed by atoms with Crippen molar-refractivity contribution >= 4 is 80.8 Å². The summed E-state index contributed by atoms with van der Waals surface area (Å²) in [4.78, 5) is 34.3. The third kappa shape index (κ3) is 11.7. The van der Waals surface area contributed by atoms with Crippen LogP contribution in [0.15, 0.2) is 59.3 Å². The van der Waals surface area contributed by atoms with Crippen LogP contribution in [-0.2, 0) is 56.7 Å². The van der Waals surface area contributed by atoms with Crippen LogP contribution in [0.1, 0.15) is 104 Å². The maximum absolute atomic E-state index is 13.8. The van der Waals surface area contributed by atoms with Gasteiger partial charge in [-0.25, -0.2) is 0 Å². The Kier molecular flexibility index (Phi) is 14.9. The molecule has 3 aliphatic rings. The summed E-state index contributed by atoms with van der Waals surface area (Å²) in [7, 11) is -17.6. The Morgan fingerprint density at radius 2 is 1.24 bits per heavy atom. The molecule has 19 nitrogen and oxygen atoms in total. The molecular weight excluding hydrogens is 939 g/mol. The summed E-state index contributed by atoms with van der Waals surface area (Å²) in [5, 5.41) is 4.81. The highest BCUT2D eigenvalue weighted by Gasteiger charge is 2.49. The fourth-order valence-electron chi connectivity index (χ4n) is 9.03. The van der Waals surface area contributed by atoms with Crippen LogP contribution in [0, 0.1) is 6.92 Å². The van der Waals surface area contributed by atoms with Crippen LogP contribution < -0.4 is 15.5 Å². The number of allylic oxidation sites excluding steroid dienone is 6. The summed E-state index contributed by atoms with van der Waals surface area (Å²) < 4.78 is 132. The Balaban J connectivity index is 1.60. The third-order valence-corrected chi connectivity index (χ3v) is 15.2. The molecule has 6 N–H and O–H groups in total. The highest BCUT2D eigenvalue weighted by molar-refractivity contribution is 7.86. The lowest BCUT2D eigenvalue weighted by atomic mass is 9.75. The summed E-state index contributed by atoms with van der Waals surface area (Å²) in [6.45, 7) is 15.2. The van der Waals surface area contributed by atoms with Crippen molar-refractivity contribution in [3.8, 4) is 0 Å². The van der Waals surface area contributed by atoms with Gasteiger partial charge in [-0.2, -0.15) is 38.2 Å². The zero-order valence-electron chi connectivity index (χ0n) is 38.0. The lowest BCUT2D eigenvalue weighted by Crippen LogP contribution is -2.34. The fraction of sp³-hybridized carbons (Fsp3) is 0.488. The first-order valence-electron chi connectivity index (χ1n) is 21.0. The van der Waals surface area contributed by atoms with Crippen molar-refractivity contribution in [1.82, 2.24) is 10.6 Å². The van der Waals surface area contributed by atoms with Crippen LogP contribution in [-0.4, -0.2) is 129 Å². The van der Waals surface area contributed by atoms with Gasteiger partial charge in [-0.05, 0) is 63.5 Å². The number of carbonyl (C=O) groups excluding carboxylic acids is 2. The van der Waals surface area contributed by atoms with Crippen LogP contribution in [0.4, 0.5) is 17.1 Å². The minimum atomic E-state index is -4.47. The van der Waals surface area contributed by atoms with Crippen LogP contribution in [0.3, 0.4) is 0 Å². The van der Waals surface area contributed by atoms with Crippen LogP contribution in [0.5, 0.6) is 0 Å². The second kappa shape index (κ2) is 18.8. The summed E-state index contributed by atoms with van der Waals surface area (Å²) in [5.74, 6) is -4.35. The first-order chi connectivity index (χ1) is 30.2. The number of hydrogen-bond acceptors (Lipinski definition) is 12. The number of hydrogen-bond donors (Lipinski definition) is 6. The summed E-state index contributed by atoms with van der Waals surface area (Å²) in [6, 6.07) is 4.74. The normalized spacial score (nSPS) is 18.3. The average molecular weight is 997 g/mol. The van der Waals surface area contributed by atoms with E-state index < -0.39 is 99.2 Å². The number of aryl methyl sites for hydroxylation is 1. The molecule has 0 saturated carbocycles. The fourth-order valence-corrected chi connectivity index (χ4v) is 10.7. The van der Waals surface area contributed by atoms with Crippen LogP contribution in [0.25, 0.3) is 0 Å². The molecule has 3 aliphatic heterocycles. The Labute approximate surface area is 386 Å². The number of fused-ring (bicyclic) bond motifs is 4. The molecule has 0 bridgehead atoms. The molecule has 5 rings (SSSR count). The van der Waals surface area contributed by atoms with Gasteiger partial charge >= 0.3 is 0 Å². The molecule has 2 aromatic carbocycles. The molecule has 0 atom stereocenters. The number of aliphatic imine (C=N–C) groups is 1. The third-order valence-electron chi connectivity index (χ3n) is 12.2. The molecule has 2 amide bonds. The maximum atomic E-state index is 13.8. The molecule has 0 aliphatic carbocycles. The van der Waals surface area contributed by atoms with E-state index in [1.807, 2.05) is 24.8 Å². The average Bonchev–Trinajstić information content (AvgIpc) is 3.61. The molecule has 0 unspecified atom stereocenters. The quantitative estimate of drug-likeness (QED) is 0.0648. The molecule has 0 aromatic heterocycles. The van der Waals surface area contributed by atoms with Gasteiger partial charge in [-0.3, -0.25) is 32.8 Å². The van der Waals surface area contributed by atoms with E-state index in [9.17, 15) is 61.5 Å². The van der Waals surface area contributed by atoms with Crippen molar-refractivity contribution in [3.63, 3.8) is 0 Å². The van der Waals surface area contributed by atoms with E-state index >= 15 is 0 Å². The topological polar surface area (TPSA) is 294 Å². The van der Waals surface area contributed by atoms with Crippen LogP contribution in [0.2, 0.25) is 0 Å². The molecule has 0 fully saturated rings. The van der Waals surface area contributed by atoms with Gasteiger partial charge in [0.2, 0.25) is 5.69 Å². The lowest BCUT2D eigenvalue weighted by molar-refractivity contribution is -0.437. The van der Waals surface area contributed by atoms with Crippen molar-refractivity contribution < 1.29 is 66.0 Å². The lowest BCUT2D eigenvalue weighted by Gasteiger charge is -2.27. The summed E-state index contributed by atoms with van der Waals surface area (Å²) in [5.41, 5.74) is 5.62. The number of amides is 2. The SMILES string of the molecule is CC1=Nc2c(c(C)cc3c2C(C)(C)C(=CC=CC=CC2=[N+](CCCS(=O)(=O)O)c4cc(C(=O)NCCS(=O)(=O)O)cc(C(=O)NCCS(=O)(=O)O)c4C2(C)C)N3CCCS(=O)(=O)O)C1(C)C. The zero-order chi connectivity index (χ0) is 49.6. The monoisotopic (exact) mass is 996 g/mol. The Morgan fingerprint density at radius 3 is 1.82 bits per heavy atom. The Hall–Kier alpha value is -4.62. The van der Waals surface area contributed by atoms with Gasteiger partial charge in [0, 0.05) is 77.3 Å². The number of rotatable bonds is 19. The largest absolute Gasteiger partial charge is 0.351 e. The van der Waals surface area contributed by atoms with E-state index in [2.05, 4.69) is 44.4 Å². The molecule has 66 heavy (non-hydrogen) atoms. The zero-order valence-corrected chi connectivity index (χ0v) is 41.3. The summed E-state index contributed by atoms with van der Waals surface area (Å²) in [6.07, 6.45) is 8.89. The van der Waals surface area contributed by atoms with Gasteiger partial charge in [0.25, 0.3) is 52.3 Å². The standard InChI is InChI=1S/C43H57N5O14S4/c1-27-24-31-37(38-35(27)41(3,4)28(2)46-38)43(7,8)34(47(31)18-12-20-63(51,52)53)15-11-9-10-14-33-42(5,6)36-30(40(50)45-17-23-66(60,61)62)25-29(39(49)44-16-22-65(57,58)59)26-32(36)48(33)19-13-21-64(54,55)56/h9-11,14-15,24-26H,12-13,16-23H2,1-8H3,(H5-,44,45,49,50,51,52,53,54,55,56,57,58,59,60,61,62)/p+1. The number of nitrogens with one attached hydrogen (secondary N) is 2. The van der Waals surface area contributed by atoms with Crippen molar-refractivity contribution in [2.45, 2.75) is 84.5 Å². The second-order valence-corrected chi connectivity index (χ2v) is 24.4. The van der Waals surface area contributed by atoms with Gasteiger partial charge in [-0.1, -0.05) is 45.9 Å². The molecule has 23 heteroatoms. The molecule has 0 radical (unpaired) electrons. The number of anilines is 1. The predicted octanol–water partition coefficient (Wildman–Crippen LogP) is 4.34. The van der Waals surface area contributed by atoms with E-state index in [1.54, 1.807) is 42.7 Å². The van der Waals surface area contributed by atoms with Crippen molar-refractivity contribution in [2.75, 3.05) is 54.1 Å². The van der Waals surface area contributed by atoms with E-state index in [0.29, 0.717) is 11.3 Å². The van der Waals surface area contributed by atoms with Crippen molar-refractivity contribution in [2.24, 2.45) is 4.99 Å². The first-order valence-corrected chi connectivity index (χ1v) is 27.4. The van der Waals surface area contributed by atoms with E-state index in [4.69, 9.17) is 4.99 Å². The highest BCUT2D eigenvalue weighted by Crippen LogP contribution is 2.57. The first kappa shape index (κ1) is 52.4. The highest BCUT2D eigenvalue weighted by atomic mass is 32.2. The molecule has 3 heterocycles. The maximum Gasteiger partial charge on any atom is 0.266 e. The van der Waals surface area contributed by atoms with Gasteiger partial charge in [0.1, 0.15) is 6.54 Å². The van der Waals surface area contributed by atoms with Crippen molar-refractivity contribution in [1.29, 1.82) is 0 Å². The molecule has 0 spiro atoms. The number of nitrogens with zero attached hydrogens (tertiary/aromatic N) is 3. The predicted molar refractivity (Wildman–Crippen MR) is 253 cm³/mol. The Morgan fingerprint density at radius 1 is 0.682 bits per heavy atom. The minimum absolute atomic E-state index is 0.0469. The molecular formula is C43H58N5O14S4+. The smallest absolute Gasteiger partial charge is 0.266 e. The van der Waals surface area contributed by atoms with Crippen molar-refractivity contribution in [3.05, 3.63) is 87.7 Å². The number of carbonyl (C=O) groups is 2. The molecule has 2 aromatic rings. The van der Waals surface area contributed by atoms with Gasteiger partial charge in [-0.15, -0.1) is 0 Å². The Bertz CT molecular complexity index is 2970. The number of benzene rings is 2.